The Labute approximate surface area is 136 Å². The van der Waals surface area contributed by atoms with Crippen LogP contribution in [0, 0.1) is 17.7 Å². The number of halogens is 2. The highest BCUT2D eigenvalue weighted by Gasteiger charge is 2.26. The van der Waals surface area contributed by atoms with Gasteiger partial charge >= 0.3 is 0 Å². The van der Waals surface area contributed by atoms with Crippen molar-refractivity contribution in [3.05, 3.63) is 47.8 Å². The molecule has 0 bridgehead atoms. The van der Waals surface area contributed by atoms with Crippen LogP contribution in [0.25, 0.3) is 0 Å². The molecule has 126 valence electrons. The van der Waals surface area contributed by atoms with Crippen LogP contribution < -0.4 is 0 Å². The van der Waals surface area contributed by atoms with Crippen LogP contribution in [-0.2, 0) is 9.47 Å². The van der Waals surface area contributed by atoms with E-state index in [0.717, 1.165) is 31.2 Å². The summed E-state index contributed by atoms with van der Waals surface area (Å²) < 4.78 is 38.5. The van der Waals surface area contributed by atoms with Crippen molar-refractivity contribution in [3.63, 3.8) is 0 Å². The summed E-state index contributed by atoms with van der Waals surface area (Å²) in [6.45, 7) is 4.57. The molecule has 1 saturated heterocycles. The van der Waals surface area contributed by atoms with Crippen molar-refractivity contribution < 1.29 is 18.3 Å². The highest BCUT2D eigenvalue weighted by Crippen LogP contribution is 2.38. The summed E-state index contributed by atoms with van der Waals surface area (Å²) in [6.07, 6.45) is 4.73. The third-order valence-corrected chi connectivity index (χ3v) is 5.06. The third kappa shape index (κ3) is 3.81. The average molecular weight is 322 g/mol. The molecule has 2 nitrogen and oxygen atoms in total. The molecule has 2 fully saturated rings. The third-order valence-electron chi connectivity index (χ3n) is 5.06. The molecule has 1 aliphatic carbocycles. The normalized spacial score (nSPS) is 31.7. The van der Waals surface area contributed by atoms with Crippen molar-refractivity contribution >= 4 is 0 Å². The summed E-state index contributed by atoms with van der Waals surface area (Å²) in [5.41, 5.74) is 1.46. The van der Waals surface area contributed by atoms with Crippen molar-refractivity contribution in [3.8, 4) is 0 Å². The van der Waals surface area contributed by atoms with E-state index in [2.05, 4.69) is 6.58 Å². The highest BCUT2D eigenvalue weighted by molar-refractivity contribution is 5.28. The fourth-order valence-corrected chi connectivity index (χ4v) is 3.50. The van der Waals surface area contributed by atoms with Gasteiger partial charge in [-0.05, 0) is 49.1 Å². The number of hydrogen-bond acceptors (Lipinski definition) is 2. The van der Waals surface area contributed by atoms with Gasteiger partial charge in [0, 0.05) is 11.5 Å². The number of alkyl halides is 1. The first-order valence-electron chi connectivity index (χ1n) is 8.42. The molecule has 1 aliphatic heterocycles. The van der Waals surface area contributed by atoms with Gasteiger partial charge in [-0.2, -0.15) is 0 Å². The first-order chi connectivity index (χ1) is 11.2. The van der Waals surface area contributed by atoms with Crippen molar-refractivity contribution in [2.75, 3.05) is 19.9 Å². The fraction of sp³-hybridized carbons (Fsp3) is 0.579. The zero-order chi connectivity index (χ0) is 16.2. The number of rotatable bonds is 4. The van der Waals surface area contributed by atoms with E-state index in [1.165, 1.54) is 6.07 Å². The molecule has 0 spiro atoms. The summed E-state index contributed by atoms with van der Waals surface area (Å²) in [5.74, 6) is 0.353. The lowest BCUT2D eigenvalue weighted by Gasteiger charge is -2.29. The topological polar surface area (TPSA) is 18.5 Å². The Balaban J connectivity index is 1.65. The Morgan fingerprint density at radius 3 is 2.39 bits per heavy atom. The lowest BCUT2D eigenvalue weighted by atomic mass is 9.79. The number of ether oxygens (including phenoxy) is 2. The summed E-state index contributed by atoms with van der Waals surface area (Å²) >= 11 is 0. The molecule has 0 radical (unpaired) electrons. The summed E-state index contributed by atoms with van der Waals surface area (Å²) in [6, 6.07) is 5.26. The quantitative estimate of drug-likeness (QED) is 0.733. The van der Waals surface area contributed by atoms with Crippen LogP contribution in [0.5, 0.6) is 0 Å². The van der Waals surface area contributed by atoms with Gasteiger partial charge in [0.15, 0.2) is 6.29 Å². The average Bonchev–Trinajstić information content (AvgIpc) is 2.62. The maximum atomic E-state index is 14.5. The molecule has 3 rings (SSSR count). The SMILES string of the molecule is C=CC1COC(c2ccc(C3CCC(CF)CC3)c(F)c2)OC1. The van der Waals surface area contributed by atoms with Crippen LogP contribution >= 0.6 is 0 Å². The van der Waals surface area contributed by atoms with Crippen LogP contribution in [0.2, 0.25) is 0 Å². The minimum Gasteiger partial charge on any atom is -0.348 e. The van der Waals surface area contributed by atoms with E-state index >= 15 is 0 Å². The smallest absolute Gasteiger partial charge is 0.183 e. The van der Waals surface area contributed by atoms with E-state index < -0.39 is 6.29 Å². The predicted molar refractivity (Wildman–Crippen MR) is 85.4 cm³/mol. The summed E-state index contributed by atoms with van der Waals surface area (Å²) in [5, 5.41) is 0. The van der Waals surface area contributed by atoms with Crippen molar-refractivity contribution in [1.29, 1.82) is 0 Å². The van der Waals surface area contributed by atoms with E-state index in [1.54, 1.807) is 0 Å². The zero-order valence-electron chi connectivity index (χ0n) is 13.3. The van der Waals surface area contributed by atoms with E-state index in [0.29, 0.717) is 18.8 Å². The molecule has 0 unspecified atom stereocenters. The zero-order valence-corrected chi connectivity index (χ0v) is 13.3. The molecule has 1 saturated carbocycles. The van der Waals surface area contributed by atoms with Gasteiger partial charge in [-0.25, -0.2) is 4.39 Å². The van der Waals surface area contributed by atoms with Gasteiger partial charge < -0.3 is 9.47 Å². The Bertz CT molecular complexity index is 530. The van der Waals surface area contributed by atoms with Gasteiger partial charge in [-0.15, -0.1) is 6.58 Å². The molecular weight excluding hydrogens is 298 g/mol. The van der Waals surface area contributed by atoms with Crippen LogP contribution in [-0.4, -0.2) is 19.9 Å². The van der Waals surface area contributed by atoms with Crippen LogP contribution in [0.15, 0.2) is 30.9 Å². The molecular formula is C19H24F2O2. The van der Waals surface area contributed by atoms with Gasteiger partial charge in [-0.3, -0.25) is 4.39 Å². The minimum absolute atomic E-state index is 0.162. The minimum atomic E-state index is -0.503. The molecule has 1 heterocycles. The first-order valence-corrected chi connectivity index (χ1v) is 8.42. The summed E-state index contributed by atoms with van der Waals surface area (Å²) in [4.78, 5) is 0. The molecule has 0 atom stereocenters. The van der Waals surface area contributed by atoms with E-state index in [4.69, 9.17) is 9.47 Å². The van der Waals surface area contributed by atoms with Crippen molar-refractivity contribution in [2.45, 2.75) is 37.9 Å². The molecule has 2 aliphatic rings. The van der Waals surface area contributed by atoms with Gasteiger partial charge in [-0.1, -0.05) is 18.2 Å². The van der Waals surface area contributed by atoms with Gasteiger partial charge in [0.25, 0.3) is 0 Å². The van der Waals surface area contributed by atoms with E-state index in [-0.39, 0.29) is 30.2 Å². The molecule has 23 heavy (non-hydrogen) atoms. The lowest BCUT2D eigenvalue weighted by Crippen LogP contribution is -2.25. The second-order valence-corrected chi connectivity index (χ2v) is 6.65. The van der Waals surface area contributed by atoms with Crippen molar-refractivity contribution in [2.24, 2.45) is 11.8 Å². The lowest BCUT2D eigenvalue weighted by molar-refractivity contribution is -0.197. The van der Waals surface area contributed by atoms with Gasteiger partial charge in [0.2, 0.25) is 0 Å². The number of benzene rings is 1. The molecule has 1 aromatic rings. The molecule has 0 amide bonds. The first kappa shape index (κ1) is 16.6. The summed E-state index contributed by atoms with van der Waals surface area (Å²) in [7, 11) is 0. The van der Waals surface area contributed by atoms with Gasteiger partial charge in [0.05, 0.1) is 19.9 Å². The monoisotopic (exact) mass is 322 g/mol. The van der Waals surface area contributed by atoms with Gasteiger partial charge in [0.1, 0.15) is 5.82 Å². The molecule has 4 heteroatoms. The number of hydrogen-bond donors (Lipinski definition) is 0. The maximum Gasteiger partial charge on any atom is 0.183 e. The standard InChI is InChI=1S/C19H24F2O2/c1-2-13-11-22-19(23-12-13)16-7-8-17(18(21)9-16)15-5-3-14(10-20)4-6-15/h2,7-9,13-15,19H,1,3-6,10-12H2. The fourth-order valence-electron chi connectivity index (χ4n) is 3.50. The Hall–Kier alpha value is -1.26. The Morgan fingerprint density at radius 1 is 1.13 bits per heavy atom. The van der Waals surface area contributed by atoms with E-state index in [9.17, 15) is 8.78 Å². The van der Waals surface area contributed by atoms with Crippen LogP contribution in [0.4, 0.5) is 8.78 Å². The Morgan fingerprint density at radius 2 is 1.83 bits per heavy atom. The molecule has 0 N–H and O–H groups in total. The Kier molecular flexibility index (Phi) is 5.44. The second kappa shape index (κ2) is 7.54. The van der Waals surface area contributed by atoms with Crippen molar-refractivity contribution in [1.82, 2.24) is 0 Å². The largest absolute Gasteiger partial charge is 0.348 e. The molecule has 0 aromatic heterocycles. The van der Waals surface area contributed by atoms with E-state index in [1.807, 2.05) is 18.2 Å². The second-order valence-electron chi connectivity index (χ2n) is 6.65. The van der Waals surface area contributed by atoms with Crippen LogP contribution in [0.3, 0.4) is 0 Å². The van der Waals surface area contributed by atoms with Crippen LogP contribution in [0.1, 0.15) is 49.0 Å². The molecule has 1 aromatic carbocycles. The maximum absolute atomic E-state index is 14.5. The predicted octanol–water partition coefficient (Wildman–Crippen LogP) is 4.92. The highest BCUT2D eigenvalue weighted by atomic mass is 19.1.